The molecular formula is C24H24N2O4S. The van der Waals surface area contributed by atoms with E-state index in [1.807, 2.05) is 48.7 Å². The molecule has 0 saturated heterocycles. The zero-order valence-electron chi connectivity index (χ0n) is 17.6. The van der Waals surface area contributed by atoms with Gasteiger partial charge in [-0.05, 0) is 53.8 Å². The minimum absolute atomic E-state index is 0.146. The molecule has 1 aromatic heterocycles. The normalized spacial score (nSPS) is 11.0. The SMILES string of the molecule is CCc1ccccc1NC(=O)/C(=C/c1cccs1)NC(=O)c1ccc(OC)c(OC)c1. The van der Waals surface area contributed by atoms with Crippen LogP contribution in [-0.2, 0) is 11.2 Å². The molecular weight excluding hydrogens is 412 g/mol. The van der Waals surface area contributed by atoms with Crippen molar-refractivity contribution in [2.45, 2.75) is 13.3 Å². The van der Waals surface area contributed by atoms with Gasteiger partial charge in [-0.25, -0.2) is 0 Å². The summed E-state index contributed by atoms with van der Waals surface area (Å²) >= 11 is 1.47. The number of amides is 2. The van der Waals surface area contributed by atoms with E-state index in [0.717, 1.165) is 16.9 Å². The number of carbonyl (C=O) groups is 2. The molecule has 2 N–H and O–H groups in total. The van der Waals surface area contributed by atoms with Gasteiger partial charge in [0, 0.05) is 16.1 Å². The molecule has 0 fully saturated rings. The first-order chi connectivity index (χ1) is 15.0. The maximum atomic E-state index is 13.1. The Morgan fingerprint density at radius 1 is 1.00 bits per heavy atom. The molecule has 3 aromatic rings. The summed E-state index contributed by atoms with van der Waals surface area (Å²) in [4.78, 5) is 26.8. The van der Waals surface area contributed by atoms with E-state index in [-0.39, 0.29) is 5.70 Å². The number of rotatable bonds is 8. The monoisotopic (exact) mass is 436 g/mol. The maximum absolute atomic E-state index is 13.1. The fourth-order valence-corrected chi connectivity index (χ4v) is 3.64. The second-order valence-corrected chi connectivity index (χ2v) is 7.54. The average Bonchev–Trinajstić information content (AvgIpc) is 3.31. The Morgan fingerprint density at radius 2 is 1.77 bits per heavy atom. The van der Waals surface area contributed by atoms with Gasteiger partial charge in [0.15, 0.2) is 11.5 Å². The molecule has 7 heteroatoms. The minimum Gasteiger partial charge on any atom is -0.493 e. The number of benzene rings is 2. The Balaban J connectivity index is 1.88. The second kappa shape index (κ2) is 10.4. The van der Waals surface area contributed by atoms with Crippen LogP contribution in [0.25, 0.3) is 6.08 Å². The highest BCUT2D eigenvalue weighted by Crippen LogP contribution is 2.27. The van der Waals surface area contributed by atoms with Gasteiger partial charge >= 0.3 is 0 Å². The third-order valence-corrected chi connectivity index (χ3v) is 5.43. The number of methoxy groups -OCH3 is 2. The summed E-state index contributed by atoms with van der Waals surface area (Å²) in [6, 6.07) is 16.2. The predicted molar refractivity (Wildman–Crippen MR) is 124 cm³/mol. The Bertz CT molecular complexity index is 1090. The Morgan fingerprint density at radius 3 is 2.45 bits per heavy atom. The van der Waals surface area contributed by atoms with E-state index in [1.54, 1.807) is 24.3 Å². The third kappa shape index (κ3) is 5.52. The van der Waals surface area contributed by atoms with Gasteiger partial charge in [0.2, 0.25) is 0 Å². The lowest BCUT2D eigenvalue weighted by atomic mass is 10.1. The summed E-state index contributed by atoms with van der Waals surface area (Å²) in [5.74, 6) is 0.119. The van der Waals surface area contributed by atoms with Crippen LogP contribution in [0.3, 0.4) is 0 Å². The van der Waals surface area contributed by atoms with Crippen molar-refractivity contribution in [3.8, 4) is 11.5 Å². The minimum atomic E-state index is -0.428. The molecule has 0 atom stereocenters. The summed E-state index contributed by atoms with van der Waals surface area (Å²) in [5.41, 5.74) is 2.22. The van der Waals surface area contributed by atoms with Gasteiger partial charge in [-0.3, -0.25) is 9.59 Å². The largest absolute Gasteiger partial charge is 0.493 e. The summed E-state index contributed by atoms with van der Waals surface area (Å²) in [7, 11) is 3.03. The lowest BCUT2D eigenvalue weighted by Gasteiger charge is -2.14. The summed E-state index contributed by atoms with van der Waals surface area (Å²) in [6.07, 6.45) is 2.44. The quantitative estimate of drug-likeness (QED) is 0.500. The van der Waals surface area contributed by atoms with E-state index in [4.69, 9.17) is 9.47 Å². The lowest BCUT2D eigenvalue weighted by Crippen LogP contribution is -2.31. The molecule has 1 heterocycles. The van der Waals surface area contributed by atoms with Crippen molar-refractivity contribution in [1.29, 1.82) is 0 Å². The van der Waals surface area contributed by atoms with Crippen LogP contribution in [0.15, 0.2) is 65.7 Å². The maximum Gasteiger partial charge on any atom is 0.272 e. The van der Waals surface area contributed by atoms with Crippen LogP contribution in [0, 0.1) is 0 Å². The van der Waals surface area contributed by atoms with Gasteiger partial charge in [0.1, 0.15) is 5.70 Å². The van der Waals surface area contributed by atoms with E-state index >= 15 is 0 Å². The van der Waals surface area contributed by atoms with Crippen LogP contribution in [0.2, 0.25) is 0 Å². The molecule has 6 nitrogen and oxygen atoms in total. The van der Waals surface area contributed by atoms with E-state index in [9.17, 15) is 9.59 Å². The first kappa shape index (κ1) is 22.1. The first-order valence-electron chi connectivity index (χ1n) is 9.73. The summed E-state index contributed by atoms with van der Waals surface area (Å²) < 4.78 is 10.5. The highest BCUT2D eigenvalue weighted by molar-refractivity contribution is 7.10. The van der Waals surface area contributed by atoms with Gasteiger partial charge in [-0.15, -0.1) is 11.3 Å². The van der Waals surface area contributed by atoms with E-state index < -0.39 is 11.8 Å². The van der Waals surface area contributed by atoms with Crippen LogP contribution in [-0.4, -0.2) is 26.0 Å². The fourth-order valence-electron chi connectivity index (χ4n) is 2.99. The van der Waals surface area contributed by atoms with Crippen LogP contribution in [0.4, 0.5) is 5.69 Å². The number of hydrogen-bond donors (Lipinski definition) is 2. The van der Waals surface area contributed by atoms with Crippen molar-refractivity contribution < 1.29 is 19.1 Å². The molecule has 0 saturated carbocycles. The van der Waals surface area contributed by atoms with Crippen LogP contribution in [0.1, 0.15) is 27.7 Å². The molecule has 2 amide bonds. The Labute approximate surface area is 185 Å². The van der Waals surface area contributed by atoms with Crippen molar-refractivity contribution >= 4 is 34.9 Å². The van der Waals surface area contributed by atoms with Gasteiger partial charge in [0.05, 0.1) is 14.2 Å². The van der Waals surface area contributed by atoms with Crippen molar-refractivity contribution in [1.82, 2.24) is 5.32 Å². The third-order valence-electron chi connectivity index (χ3n) is 4.61. The highest BCUT2D eigenvalue weighted by atomic mass is 32.1. The molecule has 160 valence electrons. The van der Waals surface area contributed by atoms with Gasteiger partial charge < -0.3 is 20.1 Å². The average molecular weight is 437 g/mol. The standard InChI is InChI=1S/C24H24N2O4S/c1-4-16-8-5-6-10-19(16)25-24(28)20(15-18-9-7-13-31-18)26-23(27)17-11-12-21(29-2)22(14-17)30-3/h5-15H,4H2,1-3H3,(H,25,28)(H,26,27)/b20-15-. The second-order valence-electron chi connectivity index (χ2n) is 6.56. The van der Waals surface area contributed by atoms with Crippen molar-refractivity contribution in [2.24, 2.45) is 0 Å². The number of aryl methyl sites for hydroxylation is 1. The van der Waals surface area contributed by atoms with E-state index in [1.165, 1.54) is 25.6 Å². The number of carbonyl (C=O) groups excluding carboxylic acids is 2. The molecule has 0 spiro atoms. The van der Waals surface area contributed by atoms with E-state index in [0.29, 0.717) is 22.7 Å². The molecule has 0 aliphatic carbocycles. The Kier molecular flexibility index (Phi) is 7.45. The molecule has 0 bridgehead atoms. The molecule has 0 unspecified atom stereocenters. The zero-order chi connectivity index (χ0) is 22.2. The number of para-hydroxylation sites is 1. The predicted octanol–water partition coefficient (Wildman–Crippen LogP) is 4.74. The molecule has 2 aromatic carbocycles. The number of thiophene rings is 1. The van der Waals surface area contributed by atoms with Gasteiger partial charge in [0.25, 0.3) is 11.8 Å². The molecule has 31 heavy (non-hydrogen) atoms. The van der Waals surface area contributed by atoms with Gasteiger partial charge in [-0.2, -0.15) is 0 Å². The van der Waals surface area contributed by atoms with Gasteiger partial charge in [-0.1, -0.05) is 31.2 Å². The smallest absolute Gasteiger partial charge is 0.272 e. The fraction of sp³-hybridized carbons (Fsp3) is 0.167. The van der Waals surface area contributed by atoms with Crippen molar-refractivity contribution in [3.63, 3.8) is 0 Å². The molecule has 0 aliphatic rings. The molecule has 3 rings (SSSR count). The zero-order valence-corrected chi connectivity index (χ0v) is 18.4. The summed E-state index contributed by atoms with van der Waals surface area (Å²) in [6.45, 7) is 2.02. The molecule has 0 aliphatic heterocycles. The van der Waals surface area contributed by atoms with Crippen LogP contribution < -0.4 is 20.1 Å². The number of hydrogen-bond acceptors (Lipinski definition) is 5. The Hall–Kier alpha value is -3.58. The number of anilines is 1. The van der Waals surface area contributed by atoms with E-state index in [2.05, 4.69) is 10.6 Å². The number of ether oxygens (including phenoxy) is 2. The van der Waals surface area contributed by atoms with Crippen molar-refractivity contribution in [3.05, 3.63) is 81.7 Å². The van der Waals surface area contributed by atoms with Crippen molar-refractivity contribution in [2.75, 3.05) is 19.5 Å². The highest BCUT2D eigenvalue weighted by Gasteiger charge is 2.17. The summed E-state index contributed by atoms with van der Waals surface area (Å²) in [5, 5.41) is 7.55. The first-order valence-corrected chi connectivity index (χ1v) is 10.6. The van der Waals surface area contributed by atoms with Crippen LogP contribution in [0.5, 0.6) is 11.5 Å². The topological polar surface area (TPSA) is 76.7 Å². The van der Waals surface area contributed by atoms with Crippen LogP contribution >= 0.6 is 11.3 Å². The lowest BCUT2D eigenvalue weighted by molar-refractivity contribution is -0.113. The number of nitrogens with one attached hydrogen (secondary N) is 2. The molecule has 0 radical (unpaired) electrons.